The minimum atomic E-state index is -0.00786. The van der Waals surface area contributed by atoms with Crippen molar-refractivity contribution in [3.63, 3.8) is 0 Å². The van der Waals surface area contributed by atoms with Gasteiger partial charge in [-0.15, -0.1) is 0 Å². The number of nitrogens with zero attached hydrogens (tertiary/aromatic N) is 4. The molecule has 120 valence electrons. The molecule has 0 N–H and O–H groups in total. The van der Waals surface area contributed by atoms with E-state index in [0.29, 0.717) is 12.2 Å². The van der Waals surface area contributed by atoms with Crippen molar-refractivity contribution in [3.8, 4) is 0 Å². The van der Waals surface area contributed by atoms with Gasteiger partial charge in [0.05, 0.1) is 18.8 Å². The summed E-state index contributed by atoms with van der Waals surface area (Å²) in [5.41, 5.74) is 2.52. The molecule has 0 bridgehead atoms. The summed E-state index contributed by atoms with van der Waals surface area (Å²) >= 11 is 0. The summed E-state index contributed by atoms with van der Waals surface area (Å²) < 4.78 is 0. The topological polar surface area (TPSA) is 49.5 Å². The van der Waals surface area contributed by atoms with Crippen molar-refractivity contribution >= 4 is 17.3 Å². The molecule has 0 aliphatic carbocycles. The molecule has 0 radical (unpaired) electrons. The second-order valence-electron chi connectivity index (χ2n) is 5.84. The number of amides is 1. The molecule has 23 heavy (non-hydrogen) atoms. The zero-order valence-corrected chi connectivity index (χ0v) is 13.2. The Kier molecular flexibility index (Phi) is 4.58. The molecule has 2 aliphatic rings. The molecule has 2 heterocycles. The van der Waals surface area contributed by atoms with Crippen molar-refractivity contribution in [2.75, 3.05) is 32.7 Å². The average molecular weight is 312 g/mol. The summed E-state index contributed by atoms with van der Waals surface area (Å²) in [5, 5.41) is 4.18. The van der Waals surface area contributed by atoms with Crippen LogP contribution in [-0.2, 0) is 9.63 Å². The third kappa shape index (κ3) is 3.51. The van der Waals surface area contributed by atoms with Crippen LogP contribution >= 0.6 is 0 Å². The van der Waals surface area contributed by atoms with Crippen LogP contribution < -0.4 is 0 Å². The highest BCUT2D eigenvalue weighted by Crippen LogP contribution is 2.20. The maximum atomic E-state index is 11.9. The summed E-state index contributed by atoms with van der Waals surface area (Å²) in [6, 6.07) is 7.39. The van der Waals surface area contributed by atoms with E-state index in [-0.39, 0.29) is 12.0 Å². The Balaban J connectivity index is 1.53. The van der Waals surface area contributed by atoms with Crippen molar-refractivity contribution in [1.29, 1.82) is 0 Å². The van der Waals surface area contributed by atoms with Crippen LogP contribution in [0.25, 0.3) is 4.85 Å². The molecule has 1 atom stereocenters. The van der Waals surface area contributed by atoms with Gasteiger partial charge in [-0.2, -0.15) is 0 Å². The summed E-state index contributed by atoms with van der Waals surface area (Å²) in [6.45, 7) is 12.6. The van der Waals surface area contributed by atoms with E-state index >= 15 is 0 Å². The Hall–Kier alpha value is -2.39. The van der Waals surface area contributed by atoms with Crippen LogP contribution in [0.1, 0.15) is 18.9 Å². The zero-order valence-electron chi connectivity index (χ0n) is 13.2. The highest BCUT2D eigenvalue weighted by Gasteiger charge is 2.28. The minimum absolute atomic E-state index is 0.00786. The summed E-state index contributed by atoms with van der Waals surface area (Å²) in [7, 11) is 0. The molecule has 1 aromatic carbocycles. The van der Waals surface area contributed by atoms with Gasteiger partial charge in [0, 0.05) is 32.6 Å². The Labute approximate surface area is 136 Å². The summed E-state index contributed by atoms with van der Waals surface area (Å²) in [5.74, 6) is 0.188. The minimum Gasteiger partial charge on any atom is -0.390 e. The molecule has 1 fully saturated rings. The van der Waals surface area contributed by atoms with Gasteiger partial charge in [-0.25, -0.2) is 4.85 Å². The maximum Gasteiger partial charge on any atom is 0.236 e. The van der Waals surface area contributed by atoms with Crippen LogP contribution in [0, 0.1) is 6.57 Å². The molecular formula is C17H20N4O2. The van der Waals surface area contributed by atoms with Crippen LogP contribution in [0.3, 0.4) is 0 Å². The monoisotopic (exact) mass is 312 g/mol. The number of hydrogen-bond acceptors (Lipinski definition) is 4. The highest BCUT2D eigenvalue weighted by molar-refractivity contribution is 6.01. The van der Waals surface area contributed by atoms with Gasteiger partial charge in [0.15, 0.2) is 5.69 Å². The fraction of sp³-hybridized carbons (Fsp3) is 0.471. The molecule has 2 aliphatic heterocycles. The number of carbonyl (C=O) groups excluding carboxylic acids is 1. The molecule has 0 spiro atoms. The quantitative estimate of drug-likeness (QED) is 0.798. The molecule has 1 aromatic rings. The van der Waals surface area contributed by atoms with E-state index in [4.69, 9.17) is 11.4 Å². The first-order valence-corrected chi connectivity index (χ1v) is 7.90. The fourth-order valence-electron chi connectivity index (χ4n) is 2.96. The zero-order chi connectivity index (χ0) is 16.2. The van der Waals surface area contributed by atoms with Crippen LogP contribution in [0.4, 0.5) is 5.69 Å². The standard InChI is InChI=1S/C17H20N4O2/c1-3-21-9-8-20(12-17(21)22)11-15-10-16(19-23-15)13-4-6-14(18-2)7-5-13/h4-7,15H,3,8-12H2,1H3. The molecule has 3 rings (SSSR count). The van der Waals surface area contributed by atoms with Crippen LogP contribution in [0.2, 0.25) is 0 Å². The number of benzene rings is 1. The maximum absolute atomic E-state index is 11.9. The Morgan fingerprint density at radius 2 is 2.13 bits per heavy atom. The normalized spacial score (nSPS) is 21.7. The first-order chi connectivity index (χ1) is 11.2. The smallest absolute Gasteiger partial charge is 0.236 e. The van der Waals surface area contributed by atoms with E-state index in [0.717, 1.165) is 43.9 Å². The van der Waals surface area contributed by atoms with Crippen molar-refractivity contribution in [2.24, 2.45) is 5.16 Å². The van der Waals surface area contributed by atoms with Gasteiger partial charge in [-0.1, -0.05) is 29.4 Å². The number of piperazine rings is 1. The Bertz CT molecular complexity index is 648. The summed E-state index contributed by atoms with van der Waals surface area (Å²) in [6.07, 6.45) is 0.728. The number of rotatable bonds is 4. The first-order valence-electron chi connectivity index (χ1n) is 7.90. The second-order valence-corrected chi connectivity index (χ2v) is 5.84. The largest absolute Gasteiger partial charge is 0.390 e. The van der Waals surface area contributed by atoms with Gasteiger partial charge < -0.3 is 9.74 Å². The van der Waals surface area contributed by atoms with Crippen molar-refractivity contribution in [2.45, 2.75) is 19.4 Å². The van der Waals surface area contributed by atoms with Crippen molar-refractivity contribution < 1.29 is 9.63 Å². The van der Waals surface area contributed by atoms with E-state index in [9.17, 15) is 4.79 Å². The molecule has 6 nitrogen and oxygen atoms in total. The second kappa shape index (κ2) is 6.80. The predicted octanol–water partition coefficient (Wildman–Crippen LogP) is 1.89. The van der Waals surface area contributed by atoms with E-state index in [2.05, 4.69) is 14.9 Å². The SMILES string of the molecule is [C-]#[N+]c1ccc(C2=NOC(CN3CCN(CC)C(=O)C3)C2)cc1. The fourth-order valence-corrected chi connectivity index (χ4v) is 2.96. The van der Waals surface area contributed by atoms with Crippen LogP contribution in [-0.4, -0.2) is 60.2 Å². The average Bonchev–Trinajstić information content (AvgIpc) is 3.03. The predicted molar refractivity (Wildman–Crippen MR) is 87.4 cm³/mol. The van der Waals surface area contributed by atoms with Gasteiger partial charge in [0.2, 0.25) is 5.91 Å². The third-order valence-electron chi connectivity index (χ3n) is 4.30. The Morgan fingerprint density at radius 1 is 1.35 bits per heavy atom. The molecule has 1 saturated heterocycles. The van der Waals surface area contributed by atoms with E-state index in [1.54, 1.807) is 12.1 Å². The van der Waals surface area contributed by atoms with Gasteiger partial charge in [0.1, 0.15) is 6.10 Å². The molecule has 0 aromatic heterocycles. The van der Waals surface area contributed by atoms with Gasteiger partial charge in [-0.3, -0.25) is 9.69 Å². The number of likely N-dealkylation sites (N-methyl/N-ethyl adjacent to an activating group) is 1. The van der Waals surface area contributed by atoms with Gasteiger partial charge in [0.25, 0.3) is 0 Å². The van der Waals surface area contributed by atoms with Gasteiger partial charge >= 0.3 is 0 Å². The lowest BCUT2D eigenvalue weighted by Crippen LogP contribution is -2.51. The van der Waals surface area contributed by atoms with E-state index < -0.39 is 0 Å². The third-order valence-corrected chi connectivity index (χ3v) is 4.30. The lowest BCUT2D eigenvalue weighted by atomic mass is 10.0. The van der Waals surface area contributed by atoms with Crippen molar-refractivity contribution in [1.82, 2.24) is 9.80 Å². The van der Waals surface area contributed by atoms with Crippen LogP contribution in [0.5, 0.6) is 0 Å². The van der Waals surface area contributed by atoms with Crippen molar-refractivity contribution in [3.05, 3.63) is 41.2 Å². The molecular weight excluding hydrogens is 292 g/mol. The lowest BCUT2D eigenvalue weighted by molar-refractivity contribution is -0.136. The lowest BCUT2D eigenvalue weighted by Gasteiger charge is -2.34. The highest BCUT2D eigenvalue weighted by atomic mass is 16.6. The Morgan fingerprint density at radius 3 is 2.78 bits per heavy atom. The number of oxime groups is 1. The van der Waals surface area contributed by atoms with E-state index in [1.807, 2.05) is 24.0 Å². The summed E-state index contributed by atoms with van der Waals surface area (Å²) in [4.78, 5) is 24.9. The molecule has 6 heteroatoms. The molecule has 1 unspecified atom stereocenters. The molecule has 0 saturated carbocycles. The van der Waals surface area contributed by atoms with E-state index in [1.165, 1.54) is 0 Å². The number of carbonyl (C=O) groups is 1. The number of hydrogen-bond donors (Lipinski definition) is 0. The first kappa shape index (κ1) is 15.5. The molecule has 1 amide bonds. The van der Waals surface area contributed by atoms with Crippen LogP contribution in [0.15, 0.2) is 29.4 Å². The van der Waals surface area contributed by atoms with Gasteiger partial charge in [-0.05, 0) is 12.5 Å².